The summed E-state index contributed by atoms with van der Waals surface area (Å²) in [6, 6.07) is 5.54. The molecule has 2 atom stereocenters. The molecular formula is C12H15ClF3N. The van der Waals surface area contributed by atoms with E-state index in [1.54, 1.807) is 6.07 Å². The largest absolute Gasteiger partial charge is 0.416 e. The van der Waals surface area contributed by atoms with Gasteiger partial charge in [-0.1, -0.05) is 24.6 Å². The fraction of sp³-hybridized carbons (Fsp3) is 0.500. The number of rotatable bonds is 1. The number of benzene rings is 1. The Morgan fingerprint density at radius 3 is 2.41 bits per heavy atom. The van der Waals surface area contributed by atoms with E-state index < -0.39 is 11.7 Å². The molecule has 2 N–H and O–H groups in total. The lowest BCUT2D eigenvalue weighted by molar-refractivity contribution is -0.137. The van der Waals surface area contributed by atoms with Crippen LogP contribution in [0.15, 0.2) is 24.3 Å². The SMILES string of the molecule is Cl.N[C@@H]1CCC[C@H]1c1cccc(C(F)(F)F)c1. The third-order valence-electron chi connectivity index (χ3n) is 3.21. The number of halogens is 4. The van der Waals surface area contributed by atoms with Gasteiger partial charge in [0, 0.05) is 6.04 Å². The average Bonchev–Trinajstić information content (AvgIpc) is 2.63. The van der Waals surface area contributed by atoms with Gasteiger partial charge in [0.15, 0.2) is 0 Å². The van der Waals surface area contributed by atoms with Gasteiger partial charge < -0.3 is 5.73 Å². The topological polar surface area (TPSA) is 26.0 Å². The van der Waals surface area contributed by atoms with Crippen LogP contribution in [0, 0.1) is 0 Å². The Bertz CT molecular complexity index is 378. The van der Waals surface area contributed by atoms with Crippen LogP contribution in [0.25, 0.3) is 0 Å². The van der Waals surface area contributed by atoms with Crippen LogP contribution < -0.4 is 5.73 Å². The number of alkyl halides is 3. The summed E-state index contributed by atoms with van der Waals surface area (Å²) in [6.45, 7) is 0. The molecule has 0 bridgehead atoms. The molecule has 0 heterocycles. The molecule has 0 unspecified atom stereocenters. The molecule has 96 valence electrons. The Morgan fingerprint density at radius 2 is 1.88 bits per heavy atom. The minimum absolute atomic E-state index is 0. The van der Waals surface area contributed by atoms with Crippen molar-refractivity contribution in [1.29, 1.82) is 0 Å². The molecule has 1 aromatic rings. The first-order valence-corrected chi connectivity index (χ1v) is 5.41. The molecule has 1 aliphatic carbocycles. The smallest absolute Gasteiger partial charge is 0.327 e. The minimum Gasteiger partial charge on any atom is -0.327 e. The maximum absolute atomic E-state index is 12.5. The van der Waals surface area contributed by atoms with Crippen molar-refractivity contribution in [2.45, 2.75) is 37.4 Å². The third kappa shape index (κ3) is 3.13. The molecule has 0 aromatic heterocycles. The minimum atomic E-state index is -4.27. The van der Waals surface area contributed by atoms with E-state index in [0.29, 0.717) is 0 Å². The monoisotopic (exact) mass is 265 g/mol. The van der Waals surface area contributed by atoms with Gasteiger partial charge in [0.05, 0.1) is 5.56 Å². The van der Waals surface area contributed by atoms with E-state index >= 15 is 0 Å². The van der Waals surface area contributed by atoms with Crippen molar-refractivity contribution in [2.75, 3.05) is 0 Å². The Morgan fingerprint density at radius 1 is 1.18 bits per heavy atom. The molecule has 2 rings (SSSR count). The lowest BCUT2D eigenvalue weighted by Crippen LogP contribution is -2.23. The Kier molecular flexibility index (Phi) is 4.44. The summed E-state index contributed by atoms with van der Waals surface area (Å²) in [6.07, 6.45) is -1.47. The van der Waals surface area contributed by atoms with Crippen molar-refractivity contribution in [3.63, 3.8) is 0 Å². The van der Waals surface area contributed by atoms with Gasteiger partial charge in [0.1, 0.15) is 0 Å². The van der Waals surface area contributed by atoms with E-state index in [2.05, 4.69) is 0 Å². The molecule has 0 radical (unpaired) electrons. The molecule has 0 aliphatic heterocycles. The highest BCUT2D eigenvalue weighted by Crippen LogP contribution is 2.36. The first-order valence-electron chi connectivity index (χ1n) is 5.41. The maximum atomic E-state index is 12.5. The van der Waals surface area contributed by atoms with Crippen molar-refractivity contribution < 1.29 is 13.2 Å². The number of nitrogens with two attached hydrogens (primary N) is 1. The van der Waals surface area contributed by atoms with E-state index in [9.17, 15) is 13.2 Å². The van der Waals surface area contributed by atoms with Gasteiger partial charge in [0.25, 0.3) is 0 Å². The highest BCUT2D eigenvalue weighted by atomic mass is 35.5. The third-order valence-corrected chi connectivity index (χ3v) is 3.21. The summed E-state index contributed by atoms with van der Waals surface area (Å²) in [5.74, 6) is 0.0855. The molecule has 1 aromatic carbocycles. The lowest BCUT2D eigenvalue weighted by Gasteiger charge is -2.17. The van der Waals surface area contributed by atoms with Gasteiger partial charge >= 0.3 is 6.18 Å². The molecule has 1 nitrogen and oxygen atoms in total. The Labute approximate surface area is 105 Å². The Balaban J connectivity index is 0.00000144. The predicted octanol–water partition coefficient (Wildman–Crippen LogP) is 3.72. The zero-order valence-electron chi connectivity index (χ0n) is 9.20. The summed E-state index contributed by atoms with van der Waals surface area (Å²) in [4.78, 5) is 0. The van der Waals surface area contributed by atoms with Gasteiger partial charge in [0.2, 0.25) is 0 Å². The maximum Gasteiger partial charge on any atom is 0.416 e. The van der Waals surface area contributed by atoms with E-state index in [-0.39, 0.29) is 24.4 Å². The van der Waals surface area contributed by atoms with Crippen LogP contribution in [0.3, 0.4) is 0 Å². The first-order chi connectivity index (χ1) is 7.48. The highest BCUT2D eigenvalue weighted by molar-refractivity contribution is 5.85. The molecule has 17 heavy (non-hydrogen) atoms. The summed E-state index contributed by atoms with van der Waals surface area (Å²) in [5, 5.41) is 0. The molecule has 0 saturated heterocycles. The number of hydrogen-bond donors (Lipinski definition) is 1. The van der Waals surface area contributed by atoms with Crippen molar-refractivity contribution in [2.24, 2.45) is 5.73 Å². The highest BCUT2D eigenvalue weighted by Gasteiger charge is 2.32. The van der Waals surface area contributed by atoms with E-state index in [4.69, 9.17) is 5.73 Å². The zero-order valence-corrected chi connectivity index (χ0v) is 10.0. The van der Waals surface area contributed by atoms with Gasteiger partial charge in [-0.3, -0.25) is 0 Å². The first kappa shape index (κ1) is 14.3. The fourth-order valence-electron chi connectivity index (χ4n) is 2.35. The molecule has 0 amide bonds. The van der Waals surface area contributed by atoms with Crippen molar-refractivity contribution in [1.82, 2.24) is 0 Å². The predicted molar refractivity (Wildman–Crippen MR) is 63.3 cm³/mol. The molecule has 5 heteroatoms. The van der Waals surface area contributed by atoms with Crippen LogP contribution in [0.2, 0.25) is 0 Å². The fourth-order valence-corrected chi connectivity index (χ4v) is 2.35. The van der Waals surface area contributed by atoms with Gasteiger partial charge in [-0.2, -0.15) is 13.2 Å². The van der Waals surface area contributed by atoms with Gasteiger partial charge in [-0.25, -0.2) is 0 Å². The van der Waals surface area contributed by atoms with Crippen molar-refractivity contribution >= 4 is 12.4 Å². The van der Waals surface area contributed by atoms with Crippen molar-refractivity contribution in [3.8, 4) is 0 Å². The van der Waals surface area contributed by atoms with Crippen LogP contribution in [0.4, 0.5) is 13.2 Å². The second-order valence-electron chi connectivity index (χ2n) is 4.32. The molecule has 1 saturated carbocycles. The zero-order chi connectivity index (χ0) is 11.8. The van der Waals surface area contributed by atoms with Crippen LogP contribution in [0.5, 0.6) is 0 Å². The van der Waals surface area contributed by atoms with Crippen LogP contribution >= 0.6 is 12.4 Å². The lowest BCUT2D eigenvalue weighted by atomic mass is 9.93. The second-order valence-corrected chi connectivity index (χ2v) is 4.32. The quantitative estimate of drug-likeness (QED) is 0.823. The standard InChI is InChI=1S/C12H14F3N.ClH/c13-12(14,15)9-4-1-3-8(7-9)10-5-2-6-11(10)16;/h1,3-4,7,10-11H,2,5-6,16H2;1H/t10-,11+;/m0./s1. The molecule has 1 aliphatic rings. The van der Waals surface area contributed by atoms with E-state index in [1.165, 1.54) is 12.1 Å². The summed E-state index contributed by atoms with van der Waals surface area (Å²) in [7, 11) is 0. The Hall–Kier alpha value is -0.740. The van der Waals surface area contributed by atoms with Crippen LogP contribution in [-0.2, 0) is 6.18 Å². The second kappa shape index (κ2) is 5.27. The average molecular weight is 266 g/mol. The van der Waals surface area contributed by atoms with Gasteiger partial charge in [-0.05, 0) is 30.4 Å². The molecule has 0 spiro atoms. The van der Waals surface area contributed by atoms with Gasteiger partial charge in [-0.15, -0.1) is 12.4 Å². The summed E-state index contributed by atoms with van der Waals surface area (Å²) >= 11 is 0. The van der Waals surface area contributed by atoms with Crippen LogP contribution in [0.1, 0.15) is 36.3 Å². The van der Waals surface area contributed by atoms with E-state index in [1.807, 2.05) is 0 Å². The van der Waals surface area contributed by atoms with Crippen molar-refractivity contribution in [3.05, 3.63) is 35.4 Å². The summed E-state index contributed by atoms with van der Waals surface area (Å²) < 4.78 is 37.6. The number of hydrogen-bond acceptors (Lipinski definition) is 1. The normalized spacial score (nSPS) is 24.5. The molecule has 1 fully saturated rings. The summed E-state index contributed by atoms with van der Waals surface area (Å²) in [5.41, 5.74) is 6.03. The van der Waals surface area contributed by atoms with E-state index in [0.717, 1.165) is 30.9 Å². The van der Waals surface area contributed by atoms with Crippen LogP contribution in [-0.4, -0.2) is 6.04 Å². The molecular weight excluding hydrogens is 251 g/mol.